The molecule has 2 saturated heterocycles. The molecule has 4 nitrogen and oxygen atoms in total. The lowest BCUT2D eigenvalue weighted by Gasteiger charge is -2.33. The van der Waals surface area contributed by atoms with E-state index in [9.17, 15) is 4.79 Å². The number of amides is 1. The van der Waals surface area contributed by atoms with Gasteiger partial charge < -0.3 is 10.6 Å². The summed E-state index contributed by atoms with van der Waals surface area (Å²) in [7, 11) is 0. The lowest BCUT2D eigenvalue weighted by molar-refractivity contribution is -0.136. The molecular weight excluding hydrogens is 186 g/mol. The molecule has 2 aliphatic rings. The minimum atomic E-state index is -0.384. The van der Waals surface area contributed by atoms with Crippen molar-refractivity contribution in [2.24, 2.45) is 5.73 Å². The Bertz CT molecular complexity index is 275. The molecule has 2 heterocycles. The van der Waals surface area contributed by atoms with Crippen molar-refractivity contribution in [1.82, 2.24) is 4.90 Å². The van der Waals surface area contributed by atoms with E-state index < -0.39 is 0 Å². The van der Waals surface area contributed by atoms with Crippen LogP contribution >= 0.6 is 11.8 Å². The molecule has 70 valence electrons. The second kappa shape index (κ2) is 3.20. The number of piperidine rings is 1. The zero-order valence-electron chi connectivity index (χ0n) is 7.14. The third-order valence-electron chi connectivity index (χ3n) is 2.54. The molecule has 13 heavy (non-hydrogen) atoms. The summed E-state index contributed by atoms with van der Waals surface area (Å²) in [5.74, 6) is 0.687. The first-order valence-electron chi connectivity index (χ1n) is 4.33. The molecule has 0 aliphatic carbocycles. The van der Waals surface area contributed by atoms with Crippen molar-refractivity contribution in [3.63, 3.8) is 0 Å². The van der Waals surface area contributed by atoms with Gasteiger partial charge in [-0.25, -0.2) is 0 Å². The van der Waals surface area contributed by atoms with Crippen LogP contribution in [0.2, 0.25) is 0 Å². The molecule has 0 aromatic rings. The van der Waals surface area contributed by atoms with Crippen LogP contribution in [-0.2, 0) is 4.79 Å². The standard InChI is InChI=1S/C8H11N3OS/c9-3-5-4-13-7-2-1-6(10)8(12)11(5)7/h5-7H,1-2,4,10H2/t5-,6-,7+/m1/s1. The highest BCUT2D eigenvalue weighted by molar-refractivity contribution is 8.00. The van der Waals surface area contributed by atoms with Gasteiger partial charge >= 0.3 is 0 Å². The third kappa shape index (κ3) is 1.30. The molecule has 0 saturated carbocycles. The zero-order valence-corrected chi connectivity index (χ0v) is 7.96. The summed E-state index contributed by atoms with van der Waals surface area (Å²) in [4.78, 5) is 13.3. The number of carbonyl (C=O) groups excluding carboxylic acids is 1. The fourth-order valence-corrected chi connectivity index (χ4v) is 3.17. The van der Waals surface area contributed by atoms with Crippen molar-refractivity contribution in [3.8, 4) is 6.07 Å². The number of hydrogen-bond acceptors (Lipinski definition) is 4. The lowest BCUT2D eigenvalue weighted by Crippen LogP contribution is -2.53. The highest BCUT2D eigenvalue weighted by Gasteiger charge is 2.42. The predicted octanol–water partition coefficient (Wildman–Crippen LogP) is -0.0988. The van der Waals surface area contributed by atoms with Gasteiger partial charge in [-0.1, -0.05) is 0 Å². The predicted molar refractivity (Wildman–Crippen MR) is 49.7 cm³/mol. The molecule has 2 N–H and O–H groups in total. The first kappa shape index (κ1) is 8.85. The fourth-order valence-electron chi connectivity index (χ4n) is 1.82. The highest BCUT2D eigenvalue weighted by Crippen LogP contribution is 2.35. The molecular formula is C8H11N3OS. The lowest BCUT2D eigenvalue weighted by atomic mass is 10.0. The van der Waals surface area contributed by atoms with Crippen molar-refractivity contribution in [1.29, 1.82) is 5.26 Å². The SMILES string of the molecule is N#C[C@@H]1CS[C@H]2CC[C@@H](N)C(=O)N12. The van der Waals surface area contributed by atoms with Gasteiger partial charge in [0.2, 0.25) is 5.91 Å². The normalized spacial score (nSPS) is 38.6. The summed E-state index contributed by atoms with van der Waals surface area (Å²) >= 11 is 1.69. The van der Waals surface area contributed by atoms with Crippen molar-refractivity contribution in [2.45, 2.75) is 30.3 Å². The number of nitrogens with zero attached hydrogens (tertiary/aromatic N) is 2. The van der Waals surface area contributed by atoms with E-state index in [1.54, 1.807) is 16.7 Å². The molecule has 0 spiro atoms. The van der Waals surface area contributed by atoms with Gasteiger partial charge in [0, 0.05) is 5.75 Å². The Hall–Kier alpha value is -0.730. The van der Waals surface area contributed by atoms with Gasteiger partial charge in [0.25, 0.3) is 0 Å². The van der Waals surface area contributed by atoms with Crippen LogP contribution in [-0.4, -0.2) is 34.0 Å². The van der Waals surface area contributed by atoms with Gasteiger partial charge in [-0.15, -0.1) is 11.8 Å². The summed E-state index contributed by atoms with van der Waals surface area (Å²) in [6.07, 6.45) is 1.68. The number of carbonyl (C=O) groups is 1. The average molecular weight is 197 g/mol. The number of nitriles is 1. The average Bonchev–Trinajstić information content (AvgIpc) is 2.55. The Morgan fingerprint density at radius 2 is 2.38 bits per heavy atom. The summed E-state index contributed by atoms with van der Waals surface area (Å²) in [5, 5.41) is 9.02. The first-order valence-corrected chi connectivity index (χ1v) is 5.38. The Kier molecular flexibility index (Phi) is 2.18. The molecule has 3 atom stereocenters. The van der Waals surface area contributed by atoms with Gasteiger partial charge in [-0.05, 0) is 12.8 Å². The van der Waals surface area contributed by atoms with Crippen LogP contribution in [0.1, 0.15) is 12.8 Å². The van der Waals surface area contributed by atoms with Crippen LogP contribution in [0.3, 0.4) is 0 Å². The van der Waals surface area contributed by atoms with E-state index in [-0.39, 0.29) is 23.4 Å². The number of fused-ring (bicyclic) bond motifs is 1. The second-order valence-corrected chi connectivity index (χ2v) is 4.57. The van der Waals surface area contributed by atoms with E-state index in [1.165, 1.54) is 0 Å². The van der Waals surface area contributed by atoms with Crippen molar-refractivity contribution >= 4 is 17.7 Å². The summed E-state index contributed by atoms with van der Waals surface area (Å²) in [6.45, 7) is 0. The molecule has 0 aromatic heterocycles. The minimum absolute atomic E-state index is 0.0483. The highest BCUT2D eigenvalue weighted by atomic mass is 32.2. The van der Waals surface area contributed by atoms with Gasteiger partial charge in [-0.3, -0.25) is 4.79 Å². The van der Waals surface area contributed by atoms with Crippen LogP contribution in [0.25, 0.3) is 0 Å². The van der Waals surface area contributed by atoms with Crippen LogP contribution < -0.4 is 5.73 Å². The monoisotopic (exact) mass is 197 g/mol. The third-order valence-corrected chi connectivity index (χ3v) is 3.89. The Morgan fingerprint density at radius 3 is 3.08 bits per heavy atom. The van der Waals surface area contributed by atoms with Crippen LogP contribution in [0.5, 0.6) is 0 Å². The number of thioether (sulfide) groups is 1. The van der Waals surface area contributed by atoms with E-state index in [0.717, 1.165) is 18.6 Å². The Morgan fingerprint density at radius 1 is 1.62 bits per heavy atom. The summed E-state index contributed by atoms with van der Waals surface area (Å²) in [6, 6.07) is 1.50. The van der Waals surface area contributed by atoms with Gasteiger partial charge in [0.05, 0.1) is 17.5 Å². The molecule has 0 bridgehead atoms. The molecule has 2 aliphatic heterocycles. The van der Waals surface area contributed by atoms with E-state index in [4.69, 9.17) is 11.0 Å². The molecule has 2 fully saturated rings. The van der Waals surface area contributed by atoms with E-state index in [0.29, 0.717) is 0 Å². The molecule has 0 radical (unpaired) electrons. The van der Waals surface area contributed by atoms with Gasteiger partial charge in [0.1, 0.15) is 6.04 Å². The van der Waals surface area contributed by atoms with Crippen LogP contribution in [0.15, 0.2) is 0 Å². The van der Waals surface area contributed by atoms with E-state index in [2.05, 4.69) is 6.07 Å². The van der Waals surface area contributed by atoms with Crippen molar-refractivity contribution in [2.75, 3.05) is 5.75 Å². The van der Waals surface area contributed by atoms with E-state index >= 15 is 0 Å². The second-order valence-electron chi connectivity index (χ2n) is 3.36. The summed E-state index contributed by atoms with van der Waals surface area (Å²) in [5.41, 5.74) is 5.64. The maximum absolute atomic E-state index is 11.6. The topological polar surface area (TPSA) is 70.1 Å². The molecule has 1 amide bonds. The Labute approximate surface area is 81.1 Å². The maximum atomic E-state index is 11.6. The number of nitrogens with two attached hydrogens (primary N) is 1. The van der Waals surface area contributed by atoms with Gasteiger partial charge in [0.15, 0.2) is 0 Å². The minimum Gasteiger partial charge on any atom is -0.320 e. The molecule has 2 rings (SSSR count). The van der Waals surface area contributed by atoms with Crippen LogP contribution in [0, 0.1) is 11.3 Å². The summed E-state index contributed by atoms with van der Waals surface area (Å²) < 4.78 is 0. The quantitative estimate of drug-likeness (QED) is 0.588. The van der Waals surface area contributed by atoms with Crippen molar-refractivity contribution in [3.05, 3.63) is 0 Å². The maximum Gasteiger partial charge on any atom is 0.241 e. The Balaban J connectivity index is 2.20. The number of hydrogen-bond donors (Lipinski definition) is 1. The first-order chi connectivity index (χ1) is 6.24. The fraction of sp³-hybridized carbons (Fsp3) is 0.750. The van der Waals surface area contributed by atoms with E-state index in [1.807, 2.05) is 0 Å². The van der Waals surface area contributed by atoms with Crippen LogP contribution in [0.4, 0.5) is 0 Å². The zero-order chi connectivity index (χ0) is 9.42. The number of rotatable bonds is 0. The van der Waals surface area contributed by atoms with Crippen molar-refractivity contribution < 1.29 is 4.79 Å². The molecule has 5 heteroatoms. The molecule has 0 unspecified atom stereocenters. The largest absolute Gasteiger partial charge is 0.320 e. The smallest absolute Gasteiger partial charge is 0.241 e. The molecule has 0 aromatic carbocycles. The van der Waals surface area contributed by atoms with Gasteiger partial charge in [-0.2, -0.15) is 5.26 Å².